The van der Waals surface area contributed by atoms with Gasteiger partial charge in [0.1, 0.15) is 6.17 Å². The molecule has 3 aromatic rings. The number of halogens is 2. The third-order valence-electron chi connectivity index (χ3n) is 6.47. The Balaban J connectivity index is 1.81. The number of ether oxygens (including phenoxy) is 3. The molecule has 1 fully saturated rings. The summed E-state index contributed by atoms with van der Waals surface area (Å²) >= 11 is 1.47. The molecule has 0 N–H and O–H groups in total. The van der Waals surface area contributed by atoms with Crippen LogP contribution in [0.25, 0.3) is 0 Å². The lowest BCUT2D eigenvalue weighted by Crippen LogP contribution is -2.66. The Kier molecular flexibility index (Phi) is 7.09. The Morgan fingerprint density at radius 2 is 1.92 bits per heavy atom. The summed E-state index contributed by atoms with van der Waals surface area (Å²) < 4.78 is 45.4. The minimum absolute atomic E-state index is 0.103. The highest BCUT2D eigenvalue weighted by molar-refractivity contribution is 7.98. The molecule has 9 nitrogen and oxygen atoms in total. The first-order valence-corrected chi connectivity index (χ1v) is 12.8. The number of rotatable bonds is 5. The molecular weight excluding hydrogens is 520 g/mol. The van der Waals surface area contributed by atoms with Gasteiger partial charge in [0.15, 0.2) is 17.3 Å². The number of morpholine rings is 1. The van der Waals surface area contributed by atoms with Crippen LogP contribution in [0.3, 0.4) is 0 Å². The average molecular weight is 544 g/mol. The summed E-state index contributed by atoms with van der Waals surface area (Å²) in [6.45, 7) is 0.541. The van der Waals surface area contributed by atoms with Crippen molar-refractivity contribution >= 4 is 23.8 Å². The van der Waals surface area contributed by atoms with Gasteiger partial charge in [0.25, 0.3) is 5.91 Å². The maximum atomic E-state index is 14.6. The first-order chi connectivity index (χ1) is 18.3. The molecule has 0 spiro atoms. The lowest BCUT2D eigenvalue weighted by Gasteiger charge is -2.51. The minimum atomic E-state index is -1.16. The minimum Gasteiger partial charge on any atom is -0.437 e. The zero-order chi connectivity index (χ0) is 27.0. The van der Waals surface area contributed by atoms with Crippen LogP contribution in [-0.2, 0) is 9.47 Å². The zero-order valence-electron chi connectivity index (χ0n) is 20.4. The average Bonchev–Trinajstić information content (AvgIpc) is 2.94. The monoisotopic (exact) mass is 543 g/mol. The number of carbonyl (C=O) groups excluding carboxylic acids is 2. The van der Waals surface area contributed by atoms with E-state index in [1.807, 2.05) is 30.5 Å². The predicted octanol–water partition coefficient (Wildman–Crippen LogP) is 3.53. The van der Waals surface area contributed by atoms with Gasteiger partial charge in [-0.25, -0.2) is 13.6 Å². The van der Waals surface area contributed by atoms with Gasteiger partial charge < -0.3 is 19.1 Å². The van der Waals surface area contributed by atoms with Crippen molar-refractivity contribution in [3.63, 3.8) is 0 Å². The SMILES string of the molecule is COC(=O)Oc1c2n(ccc1=O)N(C(c1ccc(F)c(F)c1)c1ccccc1SC)[C@@H]1COCCN1C2=O. The van der Waals surface area contributed by atoms with Gasteiger partial charge in [0.2, 0.25) is 11.2 Å². The number of fused-ring (bicyclic) bond motifs is 2. The second-order valence-corrected chi connectivity index (χ2v) is 9.36. The van der Waals surface area contributed by atoms with Crippen molar-refractivity contribution in [2.45, 2.75) is 17.1 Å². The Morgan fingerprint density at radius 1 is 1.13 bits per heavy atom. The number of thioether (sulfide) groups is 1. The van der Waals surface area contributed by atoms with E-state index in [1.165, 1.54) is 33.6 Å². The zero-order valence-corrected chi connectivity index (χ0v) is 21.2. The summed E-state index contributed by atoms with van der Waals surface area (Å²) in [5.74, 6) is -3.08. The molecule has 5 rings (SSSR count). The molecule has 1 unspecified atom stereocenters. The molecule has 1 aromatic heterocycles. The fourth-order valence-corrected chi connectivity index (χ4v) is 5.42. The number of hydrogen-bond donors (Lipinski definition) is 0. The van der Waals surface area contributed by atoms with Crippen molar-refractivity contribution in [2.75, 3.05) is 38.1 Å². The molecule has 2 aliphatic heterocycles. The molecule has 12 heteroatoms. The summed E-state index contributed by atoms with van der Waals surface area (Å²) in [7, 11) is 1.08. The quantitative estimate of drug-likeness (QED) is 0.357. The van der Waals surface area contributed by atoms with Gasteiger partial charge in [-0.3, -0.25) is 19.3 Å². The lowest BCUT2D eigenvalue weighted by atomic mass is 9.96. The molecule has 2 aromatic carbocycles. The van der Waals surface area contributed by atoms with E-state index in [1.54, 1.807) is 5.01 Å². The number of benzene rings is 2. The Morgan fingerprint density at radius 3 is 2.66 bits per heavy atom. The molecular formula is C26H23F2N3O6S. The third-order valence-corrected chi connectivity index (χ3v) is 7.28. The standard InChI is InChI=1S/C26H23F2N3O6S/c1-35-26(34)37-24-19(32)9-10-30-23(24)25(33)29-11-12-36-14-21(29)31(30)22(15-7-8-17(27)18(28)13-15)16-5-3-4-6-20(16)38-2/h3-10,13,21-22H,11-12,14H2,1-2H3/t21-,22?/m1/s1. The van der Waals surface area contributed by atoms with E-state index in [0.717, 1.165) is 35.8 Å². The second kappa shape index (κ2) is 10.5. The summed E-state index contributed by atoms with van der Waals surface area (Å²) in [5, 5.41) is 1.75. The van der Waals surface area contributed by atoms with Crippen molar-refractivity contribution in [1.29, 1.82) is 0 Å². The van der Waals surface area contributed by atoms with Crippen LogP contribution in [0.4, 0.5) is 13.6 Å². The van der Waals surface area contributed by atoms with Crippen molar-refractivity contribution in [3.05, 3.63) is 93.4 Å². The predicted molar refractivity (Wildman–Crippen MR) is 134 cm³/mol. The molecule has 198 valence electrons. The van der Waals surface area contributed by atoms with Gasteiger partial charge in [-0.1, -0.05) is 24.3 Å². The molecule has 38 heavy (non-hydrogen) atoms. The summed E-state index contributed by atoms with van der Waals surface area (Å²) in [5.41, 5.74) is 0.238. The fourth-order valence-electron chi connectivity index (χ4n) is 4.79. The normalized spacial score (nSPS) is 17.5. The highest BCUT2D eigenvalue weighted by Gasteiger charge is 2.45. The largest absolute Gasteiger partial charge is 0.513 e. The topological polar surface area (TPSA) is 90.3 Å². The van der Waals surface area contributed by atoms with E-state index < -0.39 is 47.1 Å². The number of amides is 1. The molecule has 0 radical (unpaired) electrons. The van der Waals surface area contributed by atoms with Crippen LogP contribution in [0, 0.1) is 11.6 Å². The lowest BCUT2D eigenvalue weighted by molar-refractivity contribution is -0.0198. The number of nitrogens with zero attached hydrogens (tertiary/aromatic N) is 3. The van der Waals surface area contributed by atoms with E-state index in [4.69, 9.17) is 9.47 Å². The molecule has 0 aliphatic carbocycles. The van der Waals surface area contributed by atoms with Gasteiger partial charge >= 0.3 is 6.16 Å². The molecule has 0 bridgehead atoms. The van der Waals surface area contributed by atoms with Crippen LogP contribution in [0.15, 0.2) is 64.4 Å². The highest BCUT2D eigenvalue weighted by Crippen LogP contribution is 2.39. The van der Waals surface area contributed by atoms with E-state index in [-0.39, 0.29) is 25.5 Å². The fraction of sp³-hybridized carbons (Fsp3) is 0.269. The number of hydrogen-bond acceptors (Lipinski definition) is 8. The number of methoxy groups -OCH3 is 1. The van der Waals surface area contributed by atoms with Gasteiger partial charge in [0.05, 0.1) is 26.4 Å². The smallest absolute Gasteiger partial charge is 0.437 e. The van der Waals surface area contributed by atoms with E-state index in [9.17, 15) is 23.2 Å². The number of aromatic nitrogens is 1. The maximum absolute atomic E-state index is 14.6. The Bertz CT molecular complexity index is 1470. The Hall–Kier alpha value is -3.90. The van der Waals surface area contributed by atoms with E-state index in [0.29, 0.717) is 5.56 Å². The van der Waals surface area contributed by atoms with E-state index >= 15 is 0 Å². The number of carbonyl (C=O) groups is 2. The van der Waals surface area contributed by atoms with Gasteiger partial charge in [-0.05, 0) is 35.6 Å². The molecule has 1 saturated heterocycles. The van der Waals surface area contributed by atoms with Crippen molar-refractivity contribution < 1.29 is 32.6 Å². The van der Waals surface area contributed by atoms with Crippen LogP contribution >= 0.6 is 11.8 Å². The molecule has 0 saturated carbocycles. The summed E-state index contributed by atoms with van der Waals surface area (Å²) in [4.78, 5) is 40.8. The molecule has 1 amide bonds. The molecule has 2 atom stereocenters. The highest BCUT2D eigenvalue weighted by atomic mass is 32.2. The van der Waals surface area contributed by atoms with Crippen molar-refractivity contribution in [3.8, 4) is 5.75 Å². The molecule has 2 aliphatic rings. The van der Waals surface area contributed by atoms with E-state index in [2.05, 4.69) is 4.74 Å². The first kappa shape index (κ1) is 25.7. The third kappa shape index (κ3) is 4.39. The summed E-state index contributed by atoms with van der Waals surface area (Å²) in [6.07, 6.45) is 1.43. The van der Waals surface area contributed by atoms with Crippen LogP contribution in [-0.4, -0.2) is 60.9 Å². The second-order valence-electron chi connectivity index (χ2n) is 8.51. The Labute approximate surface area is 220 Å². The van der Waals surface area contributed by atoms with Crippen molar-refractivity contribution in [2.24, 2.45) is 0 Å². The maximum Gasteiger partial charge on any atom is 0.513 e. The van der Waals surface area contributed by atoms with Crippen LogP contribution < -0.4 is 15.2 Å². The number of pyridine rings is 1. The van der Waals surface area contributed by atoms with Gasteiger partial charge in [0, 0.05) is 23.7 Å². The summed E-state index contributed by atoms with van der Waals surface area (Å²) in [6, 6.07) is 11.4. The van der Waals surface area contributed by atoms with Crippen molar-refractivity contribution in [1.82, 2.24) is 9.58 Å². The van der Waals surface area contributed by atoms with Crippen LogP contribution in [0.1, 0.15) is 27.7 Å². The van der Waals surface area contributed by atoms with Crippen LogP contribution in [0.2, 0.25) is 0 Å². The van der Waals surface area contributed by atoms with Gasteiger partial charge in [-0.2, -0.15) is 0 Å². The van der Waals surface area contributed by atoms with Crippen LogP contribution in [0.5, 0.6) is 5.75 Å². The first-order valence-electron chi connectivity index (χ1n) is 11.6. The van der Waals surface area contributed by atoms with Gasteiger partial charge in [-0.15, -0.1) is 11.8 Å². The molecule has 3 heterocycles.